The monoisotopic (exact) mass is 373 g/mol. The first-order valence-electron chi connectivity index (χ1n) is 10.1. The summed E-state index contributed by atoms with van der Waals surface area (Å²) < 4.78 is 11.0. The zero-order valence-electron chi connectivity index (χ0n) is 16.6. The number of carbonyl (C=O) groups excluding carboxylic acids is 1. The van der Waals surface area contributed by atoms with Gasteiger partial charge in [-0.25, -0.2) is 0 Å². The van der Waals surface area contributed by atoms with Crippen LogP contribution in [0.15, 0.2) is 12.1 Å². The zero-order valence-corrected chi connectivity index (χ0v) is 16.6. The fourth-order valence-electron chi connectivity index (χ4n) is 5.12. The molecule has 2 saturated heterocycles. The van der Waals surface area contributed by atoms with Crippen LogP contribution in [0.3, 0.4) is 0 Å². The number of methoxy groups -OCH3 is 2. The van der Waals surface area contributed by atoms with Crippen LogP contribution in [0.4, 0.5) is 0 Å². The summed E-state index contributed by atoms with van der Waals surface area (Å²) in [7, 11) is 3.34. The number of nitrogens with zero attached hydrogens (tertiary/aromatic N) is 2. The van der Waals surface area contributed by atoms with Gasteiger partial charge in [0.2, 0.25) is 5.91 Å². The van der Waals surface area contributed by atoms with E-state index in [1.54, 1.807) is 14.2 Å². The molecule has 2 N–H and O–H groups in total. The van der Waals surface area contributed by atoms with E-state index in [0.717, 1.165) is 56.8 Å². The second-order valence-corrected chi connectivity index (χ2v) is 8.20. The number of carbonyl (C=O) groups is 1. The van der Waals surface area contributed by atoms with Gasteiger partial charge in [0.15, 0.2) is 11.5 Å². The van der Waals surface area contributed by atoms with Crippen molar-refractivity contribution in [1.29, 1.82) is 0 Å². The largest absolute Gasteiger partial charge is 0.493 e. The van der Waals surface area contributed by atoms with Crippen LogP contribution in [0.25, 0.3) is 0 Å². The van der Waals surface area contributed by atoms with Crippen LogP contribution >= 0.6 is 0 Å². The molecule has 0 aromatic heterocycles. The van der Waals surface area contributed by atoms with Gasteiger partial charge >= 0.3 is 0 Å². The number of benzene rings is 1. The third-order valence-electron chi connectivity index (χ3n) is 6.71. The maximum atomic E-state index is 13.1. The van der Waals surface area contributed by atoms with E-state index in [0.29, 0.717) is 6.04 Å². The Morgan fingerprint density at radius 2 is 1.93 bits per heavy atom. The number of hydrogen-bond donors (Lipinski definition) is 1. The summed E-state index contributed by atoms with van der Waals surface area (Å²) in [4.78, 5) is 17.6. The van der Waals surface area contributed by atoms with Crippen LogP contribution in [0.2, 0.25) is 0 Å². The second kappa shape index (κ2) is 7.32. The lowest BCUT2D eigenvalue weighted by Crippen LogP contribution is -2.56. The van der Waals surface area contributed by atoms with Crippen molar-refractivity contribution in [2.75, 3.05) is 33.9 Å². The summed E-state index contributed by atoms with van der Waals surface area (Å²) in [6, 6.07) is 4.69. The smallest absolute Gasteiger partial charge is 0.228 e. The Hall–Kier alpha value is -1.79. The molecule has 4 unspecified atom stereocenters. The van der Waals surface area contributed by atoms with Gasteiger partial charge in [0.25, 0.3) is 0 Å². The molecule has 6 nitrogen and oxygen atoms in total. The second-order valence-electron chi connectivity index (χ2n) is 8.20. The van der Waals surface area contributed by atoms with Gasteiger partial charge < -0.3 is 20.1 Å². The summed E-state index contributed by atoms with van der Waals surface area (Å²) in [6.07, 6.45) is 3.98. The Morgan fingerprint density at radius 3 is 2.59 bits per heavy atom. The average molecular weight is 373 g/mol. The van der Waals surface area contributed by atoms with Crippen LogP contribution in [-0.4, -0.2) is 61.6 Å². The van der Waals surface area contributed by atoms with Crippen molar-refractivity contribution in [2.45, 2.75) is 50.7 Å². The van der Waals surface area contributed by atoms with Gasteiger partial charge in [0.1, 0.15) is 0 Å². The highest BCUT2D eigenvalue weighted by Crippen LogP contribution is 2.42. The number of rotatable bonds is 3. The van der Waals surface area contributed by atoms with Gasteiger partial charge in [-0.3, -0.25) is 9.69 Å². The van der Waals surface area contributed by atoms with Crippen LogP contribution < -0.4 is 15.2 Å². The Labute approximate surface area is 161 Å². The summed E-state index contributed by atoms with van der Waals surface area (Å²) in [5, 5.41) is 0. The Kier molecular flexibility index (Phi) is 5.03. The van der Waals surface area contributed by atoms with E-state index in [4.69, 9.17) is 15.2 Å². The molecule has 0 aliphatic carbocycles. The van der Waals surface area contributed by atoms with Gasteiger partial charge in [-0.2, -0.15) is 0 Å². The molecule has 3 aliphatic rings. The Balaban J connectivity index is 1.57. The predicted molar refractivity (Wildman–Crippen MR) is 104 cm³/mol. The van der Waals surface area contributed by atoms with Crippen LogP contribution in [-0.2, 0) is 11.2 Å². The molecule has 148 valence electrons. The van der Waals surface area contributed by atoms with Crippen LogP contribution in [0, 0.1) is 5.92 Å². The van der Waals surface area contributed by atoms with Crippen molar-refractivity contribution < 1.29 is 14.3 Å². The van der Waals surface area contributed by atoms with Gasteiger partial charge in [-0.05, 0) is 55.9 Å². The fourth-order valence-corrected chi connectivity index (χ4v) is 5.12. The van der Waals surface area contributed by atoms with E-state index in [9.17, 15) is 4.79 Å². The minimum atomic E-state index is -0.106. The van der Waals surface area contributed by atoms with Gasteiger partial charge in [0, 0.05) is 37.8 Å². The molecule has 4 rings (SSSR count). The van der Waals surface area contributed by atoms with Crippen LogP contribution in [0.1, 0.15) is 43.4 Å². The highest BCUT2D eigenvalue weighted by Gasteiger charge is 2.43. The van der Waals surface area contributed by atoms with E-state index in [-0.39, 0.29) is 23.9 Å². The number of nitrogens with two attached hydrogens (primary N) is 1. The molecule has 0 saturated carbocycles. The molecule has 1 aromatic carbocycles. The van der Waals surface area contributed by atoms with E-state index in [1.807, 2.05) is 0 Å². The summed E-state index contributed by atoms with van der Waals surface area (Å²) in [5.74, 6) is 1.70. The molecule has 0 spiro atoms. The molecule has 4 atom stereocenters. The highest BCUT2D eigenvalue weighted by molar-refractivity contribution is 5.80. The van der Waals surface area contributed by atoms with Gasteiger partial charge in [0.05, 0.1) is 20.1 Å². The van der Waals surface area contributed by atoms with Crippen LogP contribution in [0.5, 0.6) is 11.5 Å². The lowest BCUT2D eigenvalue weighted by molar-refractivity contribution is -0.139. The minimum absolute atomic E-state index is 0.0940. The minimum Gasteiger partial charge on any atom is -0.493 e. The number of amides is 1. The maximum Gasteiger partial charge on any atom is 0.228 e. The van der Waals surface area contributed by atoms with E-state index in [1.165, 1.54) is 11.1 Å². The average Bonchev–Trinajstić information content (AvgIpc) is 3.11. The molecular formula is C21H31N3O3. The van der Waals surface area contributed by atoms with E-state index >= 15 is 0 Å². The summed E-state index contributed by atoms with van der Waals surface area (Å²) in [5.41, 5.74) is 9.13. The molecule has 0 bridgehead atoms. The van der Waals surface area contributed by atoms with Crippen molar-refractivity contribution in [3.05, 3.63) is 23.3 Å². The molecule has 27 heavy (non-hydrogen) atoms. The molecule has 2 fully saturated rings. The maximum absolute atomic E-state index is 13.1. The first kappa shape index (κ1) is 18.6. The predicted octanol–water partition coefficient (Wildman–Crippen LogP) is 1.96. The normalized spacial score (nSPS) is 30.6. The van der Waals surface area contributed by atoms with Crippen molar-refractivity contribution >= 4 is 5.91 Å². The molecule has 3 aliphatic heterocycles. The number of hydrogen-bond acceptors (Lipinski definition) is 5. The van der Waals surface area contributed by atoms with Crippen molar-refractivity contribution in [1.82, 2.24) is 9.80 Å². The number of likely N-dealkylation sites (tertiary alicyclic amines) is 1. The van der Waals surface area contributed by atoms with Gasteiger partial charge in [-0.15, -0.1) is 0 Å². The molecule has 0 radical (unpaired) electrons. The lowest BCUT2D eigenvalue weighted by atomic mass is 9.80. The first-order valence-corrected chi connectivity index (χ1v) is 10.1. The van der Waals surface area contributed by atoms with Crippen molar-refractivity contribution in [3.8, 4) is 11.5 Å². The number of piperidine rings is 1. The topological polar surface area (TPSA) is 68.0 Å². The Morgan fingerprint density at radius 1 is 1.19 bits per heavy atom. The molecular weight excluding hydrogens is 342 g/mol. The first-order chi connectivity index (χ1) is 13.0. The molecule has 1 aromatic rings. The van der Waals surface area contributed by atoms with Gasteiger partial charge in [-0.1, -0.05) is 0 Å². The Bertz CT molecular complexity index is 723. The van der Waals surface area contributed by atoms with Crippen molar-refractivity contribution in [2.24, 2.45) is 11.7 Å². The van der Waals surface area contributed by atoms with E-state index < -0.39 is 0 Å². The van der Waals surface area contributed by atoms with Crippen molar-refractivity contribution in [3.63, 3.8) is 0 Å². The zero-order chi connectivity index (χ0) is 19.1. The summed E-state index contributed by atoms with van der Waals surface area (Å²) >= 11 is 0. The molecule has 1 amide bonds. The number of fused-ring (bicyclic) bond motifs is 3. The standard InChI is InChI=1S/C21H31N3O3/c1-13-5-4-7-24(13)21(25)16-12-23-8-6-14-9-19(26-2)20(27-3)10-15(14)18(23)11-17(16)22/h9-10,13,16-18H,4-8,11-12,22H2,1-3H3. The third kappa shape index (κ3) is 3.19. The summed E-state index contributed by atoms with van der Waals surface area (Å²) in [6.45, 7) is 4.74. The SMILES string of the molecule is COc1cc2c(cc1OC)C1CC(N)C(C(=O)N3CCCC3C)CN1CC2. The quantitative estimate of drug-likeness (QED) is 0.877. The number of ether oxygens (including phenoxy) is 2. The highest BCUT2D eigenvalue weighted by atomic mass is 16.5. The fraction of sp³-hybridized carbons (Fsp3) is 0.667. The lowest BCUT2D eigenvalue weighted by Gasteiger charge is -2.46. The molecule has 6 heteroatoms. The molecule has 3 heterocycles. The third-order valence-corrected chi connectivity index (χ3v) is 6.71. The van der Waals surface area contributed by atoms with E-state index in [2.05, 4.69) is 28.9 Å².